The summed E-state index contributed by atoms with van der Waals surface area (Å²) >= 11 is 5.76. The summed E-state index contributed by atoms with van der Waals surface area (Å²) in [6, 6.07) is 4.52. The number of aryl methyl sites for hydroxylation is 1. The summed E-state index contributed by atoms with van der Waals surface area (Å²) in [6.07, 6.45) is -1.70. The molecule has 1 unspecified atom stereocenters. The van der Waals surface area contributed by atoms with Crippen molar-refractivity contribution in [2.45, 2.75) is 25.6 Å². The van der Waals surface area contributed by atoms with Gasteiger partial charge in [-0.25, -0.2) is 19.3 Å². The number of pyridine rings is 1. The van der Waals surface area contributed by atoms with E-state index in [1.54, 1.807) is 0 Å². The molecule has 3 heterocycles. The van der Waals surface area contributed by atoms with Crippen LogP contribution in [0, 0.1) is 12.7 Å². The molecular weight excluding hydrogens is 438 g/mol. The molecule has 0 saturated heterocycles. The van der Waals surface area contributed by atoms with E-state index >= 15 is 0 Å². The Morgan fingerprint density at radius 1 is 1.26 bits per heavy atom. The van der Waals surface area contributed by atoms with E-state index in [1.165, 1.54) is 36.5 Å². The monoisotopic (exact) mass is 451 g/mol. The molecule has 1 amide bonds. The molecule has 0 saturated carbocycles. The molecule has 0 bridgehead atoms. The summed E-state index contributed by atoms with van der Waals surface area (Å²) < 4.78 is 53.5. The molecule has 0 spiro atoms. The Labute approximate surface area is 178 Å². The van der Waals surface area contributed by atoms with Crippen molar-refractivity contribution in [2.24, 2.45) is 0 Å². The van der Waals surface area contributed by atoms with Gasteiger partial charge in [-0.15, -0.1) is 0 Å². The summed E-state index contributed by atoms with van der Waals surface area (Å²) in [6.45, 7) is 1.44. The van der Waals surface area contributed by atoms with Gasteiger partial charge in [-0.1, -0.05) is 11.6 Å². The van der Waals surface area contributed by atoms with Gasteiger partial charge in [0.05, 0.1) is 10.6 Å². The third kappa shape index (κ3) is 4.15. The molecule has 3 aromatic rings. The molecule has 1 atom stereocenters. The molecule has 6 nitrogen and oxygen atoms in total. The molecule has 4 rings (SSSR count). The number of anilines is 3. The van der Waals surface area contributed by atoms with Crippen LogP contribution in [0.2, 0.25) is 5.02 Å². The van der Waals surface area contributed by atoms with Crippen LogP contribution in [0.3, 0.4) is 0 Å². The van der Waals surface area contributed by atoms with Crippen molar-refractivity contribution in [1.29, 1.82) is 0 Å². The largest absolute Gasteiger partial charge is 0.416 e. The van der Waals surface area contributed by atoms with Crippen molar-refractivity contribution in [3.63, 3.8) is 0 Å². The van der Waals surface area contributed by atoms with Crippen LogP contribution in [-0.2, 0) is 17.4 Å². The van der Waals surface area contributed by atoms with Crippen LogP contribution >= 0.6 is 11.6 Å². The molecule has 11 heteroatoms. The van der Waals surface area contributed by atoms with Gasteiger partial charge in [0, 0.05) is 29.6 Å². The van der Waals surface area contributed by atoms with Crippen molar-refractivity contribution in [3.8, 4) is 0 Å². The lowest BCUT2D eigenvalue weighted by molar-refractivity contribution is -0.137. The minimum absolute atomic E-state index is 0.0675. The number of rotatable bonds is 3. The van der Waals surface area contributed by atoms with Crippen LogP contribution in [0.1, 0.15) is 16.8 Å². The Morgan fingerprint density at radius 3 is 2.74 bits per heavy atom. The van der Waals surface area contributed by atoms with Crippen LogP contribution in [0.5, 0.6) is 0 Å². The minimum Gasteiger partial charge on any atom is -0.324 e. The second kappa shape index (κ2) is 7.77. The molecule has 2 aromatic heterocycles. The third-order valence-electron chi connectivity index (χ3n) is 4.72. The minimum atomic E-state index is -4.58. The molecule has 0 aliphatic carbocycles. The third-order valence-corrected chi connectivity index (χ3v) is 5.01. The first-order chi connectivity index (χ1) is 14.6. The number of aromatic nitrogens is 3. The van der Waals surface area contributed by atoms with Gasteiger partial charge in [-0.3, -0.25) is 9.69 Å². The summed E-state index contributed by atoms with van der Waals surface area (Å²) in [5.74, 6) is -0.966. The van der Waals surface area contributed by atoms with Gasteiger partial charge < -0.3 is 5.32 Å². The Kier molecular flexibility index (Phi) is 5.26. The van der Waals surface area contributed by atoms with Crippen molar-refractivity contribution in [1.82, 2.24) is 15.0 Å². The number of alkyl halides is 3. The number of hydrogen-bond acceptors (Lipinski definition) is 5. The van der Waals surface area contributed by atoms with E-state index in [2.05, 4.69) is 20.3 Å². The zero-order valence-corrected chi connectivity index (χ0v) is 16.7. The van der Waals surface area contributed by atoms with Gasteiger partial charge in [-0.2, -0.15) is 13.2 Å². The second-order valence-corrected chi connectivity index (χ2v) is 7.34. The summed E-state index contributed by atoms with van der Waals surface area (Å²) in [7, 11) is 0. The Bertz CT molecular complexity index is 1170. The van der Waals surface area contributed by atoms with E-state index in [4.69, 9.17) is 11.6 Å². The van der Waals surface area contributed by atoms with E-state index in [0.29, 0.717) is 11.4 Å². The number of benzene rings is 1. The van der Waals surface area contributed by atoms with Gasteiger partial charge in [0.25, 0.3) is 0 Å². The van der Waals surface area contributed by atoms with Gasteiger partial charge in [0.15, 0.2) is 0 Å². The van der Waals surface area contributed by atoms with E-state index < -0.39 is 29.5 Å². The highest BCUT2D eigenvalue weighted by atomic mass is 35.5. The number of carbonyl (C=O) groups is 1. The summed E-state index contributed by atoms with van der Waals surface area (Å²) in [5, 5.41) is 2.44. The fourth-order valence-corrected chi connectivity index (χ4v) is 3.56. The zero-order valence-electron chi connectivity index (χ0n) is 15.9. The predicted molar refractivity (Wildman–Crippen MR) is 106 cm³/mol. The average Bonchev–Trinajstić information content (AvgIpc) is 3.09. The van der Waals surface area contributed by atoms with Gasteiger partial charge >= 0.3 is 6.18 Å². The second-order valence-electron chi connectivity index (χ2n) is 6.93. The Balaban J connectivity index is 1.74. The number of fused-ring (bicyclic) bond motifs is 1. The fourth-order valence-electron chi connectivity index (χ4n) is 3.38. The lowest BCUT2D eigenvalue weighted by Gasteiger charge is -2.26. The highest BCUT2D eigenvalue weighted by Gasteiger charge is 2.39. The van der Waals surface area contributed by atoms with Crippen molar-refractivity contribution >= 4 is 34.8 Å². The maximum atomic E-state index is 13.4. The molecule has 0 radical (unpaired) electrons. The number of hydrogen-bond donors (Lipinski definition) is 1. The van der Waals surface area contributed by atoms with E-state index in [1.807, 2.05) is 0 Å². The zero-order chi connectivity index (χ0) is 22.3. The van der Waals surface area contributed by atoms with E-state index in [9.17, 15) is 22.4 Å². The van der Waals surface area contributed by atoms with Crippen molar-refractivity contribution in [2.75, 3.05) is 10.2 Å². The van der Waals surface area contributed by atoms with Gasteiger partial charge in [0.2, 0.25) is 5.91 Å². The van der Waals surface area contributed by atoms with Gasteiger partial charge in [-0.05, 0) is 37.3 Å². The van der Waals surface area contributed by atoms with Crippen molar-refractivity contribution in [3.05, 3.63) is 70.5 Å². The topological polar surface area (TPSA) is 71.0 Å². The molecule has 1 aliphatic rings. The van der Waals surface area contributed by atoms with Crippen LogP contribution in [0.4, 0.5) is 34.9 Å². The summed E-state index contributed by atoms with van der Waals surface area (Å²) in [4.78, 5) is 26.7. The maximum absolute atomic E-state index is 13.4. The van der Waals surface area contributed by atoms with Crippen molar-refractivity contribution < 1.29 is 22.4 Å². The Morgan fingerprint density at radius 2 is 2.03 bits per heavy atom. The summed E-state index contributed by atoms with van der Waals surface area (Å²) in [5.41, 5.74) is 0.0713. The molecule has 0 fully saturated rings. The smallest absolute Gasteiger partial charge is 0.324 e. The van der Waals surface area contributed by atoms with Crippen LogP contribution in [0.25, 0.3) is 0 Å². The first kappa shape index (κ1) is 21.0. The molecule has 1 aromatic carbocycles. The number of carbonyl (C=O) groups excluding carboxylic acids is 1. The maximum Gasteiger partial charge on any atom is 0.416 e. The number of nitrogens with zero attached hydrogens (tertiary/aromatic N) is 4. The first-order valence-electron chi connectivity index (χ1n) is 9.03. The van der Waals surface area contributed by atoms with Gasteiger partial charge in [0.1, 0.15) is 29.8 Å². The standard InChI is InChI=1S/C20H14ClF4N5O/c1-10-4-12(20(23,24)25)6-17(28-10)30-16(5-11-8-26-9-27-18(11)30)19(31)29-13-2-3-15(22)14(21)7-13/h2-4,6-9,16H,5H2,1H3,(H,29,31). The number of nitrogens with one attached hydrogen (secondary N) is 1. The average molecular weight is 452 g/mol. The number of amides is 1. The lowest BCUT2D eigenvalue weighted by atomic mass is 10.1. The quantitative estimate of drug-likeness (QED) is 0.585. The SMILES string of the molecule is Cc1cc(C(F)(F)F)cc(N2c3ncncc3CC2C(=O)Nc2ccc(F)c(Cl)c2)n1. The highest BCUT2D eigenvalue weighted by Crippen LogP contribution is 2.39. The normalized spacial score (nSPS) is 15.7. The molecular formula is C20H14ClF4N5O. The lowest BCUT2D eigenvalue weighted by Crippen LogP contribution is -2.40. The Hall–Kier alpha value is -3.27. The van der Waals surface area contributed by atoms with Crippen LogP contribution in [-0.4, -0.2) is 26.9 Å². The first-order valence-corrected chi connectivity index (χ1v) is 9.41. The number of halogens is 5. The van der Waals surface area contributed by atoms with E-state index in [0.717, 1.165) is 18.2 Å². The van der Waals surface area contributed by atoms with Crippen LogP contribution < -0.4 is 10.2 Å². The molecule has 31 heavy (non-hydrogen) atoms. The predicted octanol–water partition coefficient (Wildman–Crippen LogP) is 4.69. The fraction of sp³-hybridized carbons (Fsp3) is 0.200. The molecule has 1 N–H and O–H groups in total. The van der Waals surface area contributed by atoms with E-state index in [-0.39, 0.29) is 28.6 Å². The molecule has 160 valence electrons. The van der Waals surface area contributed by atoms with Crippen LogP contribution in [0.15, 0.2) is 42.9 Å². The highest BCUT2D eigenvalue weighted by molar-refractivity contribution is 6.31. The molecule has 1 aliphatic heterocycles.